The largest absolute Gasteiger partial charge is 0.295 e. The molecule has 1 aliphatic carbocycles. The number of benzene rings is 1. The number of ketones is 1. The molecule has 1 heteroatoms. The van der Waals surface area contributed by atoms with Crippen molar-refractivity contribution in [1.82, 2.24) is 0 Å². The summed E-state index contributed by atoms with van der Waals surface area (Å²) in [5, 5.41) is 0. The van der Waals surface area contributed by atoms with Crippen molar-refractivity contribution in [1.29, 1.82) is 0 Å². The van der Waals surface area contributed by atoms with Crippen LogP contribution >= 0.6 is 0 Å². The van der Waals surface area contributed by atoms with E-state index in [2.05, 4.69) is 38.1 Å². The van der Waals surface area contributed by atoms with Crippen LogP contribution in [0, 0.1) is 5.41 Å². The predicted molar refractivity (Wildman–Crippen MR) is 76.2 cm³/mol. The van der Waals surface area contributed by atoms with Gasteiger partial charge in [-0.2, -0.15) is 0 Å². The lowest BCUT2D eigenvalue weighted by Crippen LogP contribution is -2.24. The van der Waals surface area contributed by atoms with E-state index < -0.39 is 0 Å². The molecular weight excluding hydrogens is 220 g/mol. The van der Waals surface area contributed by atoms with Crippen LogP contribution in [0.2, 0.25) is 0 Å². The van der Waals surface area contributed by atoms with Gasteiger partial charge in [-0.25, -0.2) is 0 Å². The lowest BCUT2D eigenvalue weighted by Gasteiger charge is -2.30. The summed E-state index contributed by atoms with van der Waals surface area (Å²) in [6.07, 6.45) is 5.84. The van der Waals surface area contributed by atoms with Crippen molar-refractivity contribution < 1.29 is 4.79 Å². The molecular formula is C17H20O. The number of hydrogen-bond donors (Lipinski definition) is 0. The van der Waals surface area contributed by atoms with Crippen LogP contribution in [0.25, 0.3) is 6.08 Å². The summed E-state index contributed by atoms with van der Waals surface area (Å²) >= 11 is 0. The first-order valence-electron chi connectivity index (χ1n) is 6.44. The van der Waals surface area contributed by atoms with Crippen molar-refractivity contribution in [3.63, 3.8) is 0 Å². The fraction of sp³-hybridized carbons (Fsp3) is 0.353. The van der Waals surface area contributed by atoms with Gasteiger partial charge in [-0.15, -0.1) is 0 Å². The summed E-state index contributed by atoms with van der Waals surface area (Å²) in [5.41, 5.74) is 3.38. The molecule has 0 radical (unpaired) electrons. The number of allylic oxidation sites excluding steroid dienone is 3. The summed E-state index contributed by atoms with van der Waals surface area (Å²) in [4.78, 5) is 11.9. The highest BCUT2D eigenvalue weighted by Crippen LogP contribution is 2.37. The second-order valence-corrected chi connectivity index (χ2v) is 5.84. The average Bonchev–Trinajstić information content (AvgIpc) is 2.33. The van der Waals surface area contributed by atoms with E-state index in [1.165, 1.54) is 11.1 Å². The first-order valence-corrected chi connectivity index (χ1v) is 6.44. The zero-order valence-corrected chi connectivity index (χ0v) is 11.4. The Morgan fingerprint density at radius 1 is 1.06 bits per heavy atom. The maximum Gasteiger partial charge on any atom is 0.159 e. The van der Waals surface area contributed by atoms with Crippen molar-refractivity contribution >= 4 is 11.9 Å². The van der Waals surface area contributed by atoms with E-state index in [1.807, 2.05) is 25.1 Å². The van der Waals surface area contributed by atoms with Gasteiger partial charge in [0.1, 0.15) is 0 Å². The van der Waals surface area contributed by atoms with E-state index in [0.29, 0.717) is 12.2 Å². The molecule has 1 nitrogen and oxygen atoms in total. The first-order chi connectivity index (χ1) is 8.48. The molecule has 1 aromatic carbocycles. The highest BCUT2D eigenvalue weighted by molar-refractivity contribution is 5.97. The fourth-order valence-electron chi connectivity index (χ4n) is 2.40. The third-order valence-electron chi connectivity index (χ3n) is 3.48. The Kier molecular flexibility index (Phi) is 3.51. The Hall–Kier alpha value is -1.63. The quantitative estimate of drug-likeness (QED) is 0.748. The Labute approximate surface area is 109 Å². The molecule has 0 aliphatic heterocycles. The minimum atomic E-state index is 0.0902. The molecule has 0 amide bonds. The Balaban J connectivity index is 2.25. The van der Waals surface area contributed by atoms with Gasteiger partial charge in [0.2, 0.25) is 0 Å². The molecule has 0 bridgehead atoms. The molecule has 0 saturated heterocycles. The molecule has 0 heterocycles. The second kappa shape index (κ2) is 4.93. The van der Waals surface area contributed by atoms with Crippen molar-refractivity contribution in [2.75, 3.05) is 0 Å². The number of carbonyl (C=O) groups is 1. The van der Waals surface area contributed by atoms with Gasteiger partial charge in [0.25, 0.3) is 0 Å². The molecule has 0 fully saturated rings. The number of rotatable bonds is 2. The number of hydrogen-bond acceptors (Lipinski definition) is 1. The maximum atomic E-state index is 11.9. The molecule has 94 valence electrons. The van der Waals surface area contributed by atoms with Gasteiger partial charge in [-0.05, 0) is 35.5 Å². The van der Waals surface area contributed by atoms with Gasteiger partial charge in [0.15, 0.2) is 5.78 Å². The first kappa shape index (κ1) is 12.8. The van der Waals surface area contributed by atoms with Gasteiger partial charge in [-0.1, -0.05) is 56.3 Å². The van der Waals surface area contributed by atoms with E-state index >= 15 is 0 Å². The number of Topliss-reactive ketones (excluding diaryl/α,β-unsaturated/α-hetero) is 1. The molecule has 1 aliphatic rings. The molecule has 18 heavy (non-hydrogen) atoms. The number of carbonyl (C=O) groups excluding carboxylic acids is 1. The van der Waals surface area contributed by atoms with Gasteiger partial charge >= 0.3 is 0 Å². The fourth-order valence-corrected chi connectivity index (χ4v) is 2.40. The molecule has 0 N–H and O–H groups in total. The summed E-state index contributed by atoms with van der Waals surface area (Å²) < 4.78 is 0. The van der Waals surface area contributed by atoms with Crippen LogP contribution in [0.15, 0.2) is 47.6 Å². The van der Waals surface area contributed by atoms with Crippen molar-refractivity contribution in [2.45, 2.75) is 33.6 Å². The predicted octanol–water partition coefficient (Wildman–Crippen LogP) is 4.41. The average molecular weight is 240 g/mol. The van der Waals surface area contributed by atoms with E-state index in [9.17, 15) is 4.79 Å². The van der Waals surface area contributed by atoms with Crippen LogP contribution in [0.4, 0.5) is 0 Å². The summed E-state index contributed by atoms with van der Waals surface area (Å²) in [5.74, 6) is 0.291. The van der Waals surface area contributed by atoms with E-state index in [0.717, 1.165) is 12.0 Å². The maximum absolute atomic E-state index is 11.9. The zero-order chi connectivity index (χ0) is 13.2. The zero-order valence-electron chi connectivity index (χ0n) is 11.4. The van der Waals surface area contributed by atoms with Crippen molar-refractivity contribution in [2.24, 2.45) is 5.41 Å². The lowest BCUT2D eigenvalue weighted by molar-refractivity contribution is -0.118. The third kappa shape index (κ3) is 2.98. The minimum absolute atomic E-state index is 0.0902. The van der Waals surface area contributed by atoms with E-state index in [-0.39, 0.29) is 5.41 Å². The van der Waals surface area contributed by atoms with Crippen LogP contribution in [0.3, 0.4) is 0 Å². The minimum Gasteiger partial charge on any atom is -0.295 e. The summed E-state index contributed by atoms with van der Waals surface area (Å²) in [6, 6.07) is 10.2. The standard InChI is InChI=1S/C17H20O/c1-13-15(11-17(2,3)12-16(13)18)10-9-14-7-5-4-6-8-14/h4-10H,11-12H2,1-3H3/b10-9+. The highest BCUT2D eigenvalue weighted by Gasteiger charge is 2.29. The van der Waals surface area contributed by atoms with E-state index in [1.54, 1.807) is 0 Å². The van der Waals surface area contributed by atoms with Gasteiger partial charge in [0, 0.05) is 6.42 Å². The topological polar surface area (TPSA) is 17.1 Å². The second-order valence-electron chi connectivity index (χ2n) is 5.84. The lowest BCUT2D eigenvalue weighted by atomic mass is 9.74. The Morgan fingerprint density at radius 3 is 2.39 bits per heavy atom. The molecule has 0 spiro atoms. The Bertz CT molecular complexity index is 504. The van der Waals surface area contributed by atoms with Crippen LogP contribution in [0.5, 0.6) is 0 Å². The van der Waals surface area contributed by atoms with Crippen LogP contribution in [-0.2, 0) is 4.79 Å². The van der Waals surface area contributed by atoms with Crippen molar-refractivity contribution in [3.8, 4) is 0 Å². The SMILES string of the molecule is CC1=C(/C=C/c2ccccc2)CC(C)(C)CC1=O. The van der Waals surface area contributed by atoms with Crippen LogP contribution in [-0.4, -0.2) is 5.78 Å². The highest BCUT2D eigenvalue weighted by atomic mass is 16.1. The smallest absolute Gasteiger partial charge is 0.159 e. The monoisotopic (exact) mass is 240 g/mol. The molecule has 0 unspecified atom stereocenters. The molecule has 2 rings (SSSR count). The van der Waals surface area contributed by atoms with Gasteiger partial charge in [-0.3, -0.25) is 4.79 Å². The summed E-state index contributed by atoms with van der Waals surface area (Å²) in [6.45, 7) is 6.27. The summed E-state index contributed by atoms with van der Waals surface area (Å²) in [7, 11) is 0. The van der Waals surface area contributed by atoms with Crippen molar-refractivity contribution in [3.05, 3.63) is 53.1 Å². The molecule has 0 atom stereocenters. The van der Waals surface area contributed by atoms with Gasteiger partial charge in [0.05, 0.1) is 0 Å². The normalized spacial score (nSPS) is 19.6. The molecule has 0 aromatic heterocycles. The van der Waals surface area contributed by atoms with Gasteiger partial charge < -0.3 is 0 Å². The molecule has 0 saturated carbocycles. The van der Waals surface area contributed by atoms with Crippen LogP contribution < -0.4 is 0 Å². The van der Waals surface area contributed by atoms with E-state index in [4.69, 9.17) is 0 Å². The third-order valence-corrected chi connectivity index (χ3v) is 3.48. The molecule has 1 aromatic rings. The van der Waals surface area contributed by atoms with Crippen LogP contribution in [0.1, 0.15) is 39.2 Å². The Morgan fingerprint density at radius 2 is 1.72 bits per heavy atom.